The van der Waals surface area contributed by atoms with E-state index in [-0.39, 0.29) is 17.9 Å². The molecule has 3 nitrogen and oxygen atoms in total. The van der Waals surface area contributed by atoms with E-state index in [9.17, 15) is 4.79 Å². The van der Waals surface area contributed by atoms with Gasteiger partial charge in [-0.2, -0.15) is 0 Å². The van der Waals surface area contributed by atoms with Crippen LogP contribution < -0.4 is 11.1 Å². The Morgan fingerprint density at radius 1 is 1.17 bits per heavy atom. The number of hydrogen-bond acceptors (Lipinski definition) is 2. The lowest BCUT2D eigenvalue weighted by Gasteiger charge is -2.20. The first-order valence-corrected chi connectivity index (χ1v) is 7.28. The molecule has 2 atom stereocenters. The molecule has 0 aromatic heterocycles. The van der Waals surface area contributed by atoms with Crippen LogP contribution in [0.5, 0.6) is 0 Å². The summed E-state index contributed by atoms with van der Waals surface area (Å²) in [6.07, 6.45) is 5.30. The van der Waals surface area contributed by atoms with E-state index in [0.717, 1.165) is 35.8 Å². The highest BCUT2D eigenvalue weighted by Crippen LogP contribution is 2.24. The molecule has 0 radical (unpaired) electrons. The van der Waals surface area contributed by atoms with Gasteiger partial charge in [0.05, 0.1) is 5.92 Å². The standard InChI is InChI=1S/C14H19BrN2O/c15-10-6-8-11(9-7-10)17-14(18)12-4-2-1-3-5-13(12)16/h6-9,12-13H,1-5,16H2,(H,17,18). The van der Waals surface area contributed by atoms with Crippen LogP contribution in [0.25, 0.3) is 0 Å². The molecule has 2 rings (SSSR count). The lowest BCUT2D eigenvalue weighted by atomic mass is 9.94. The molecule has 1 aliphatic rings. The number of anilines is 1. The fourth-order valence-electron chi connectivity index (χ4n) is 2.43. The van der Waals surface area contributed by atoms with Gasteiger partial charge in [0.15, 0.2) is 0 Å². The highest BCUT2D eigenvalue weighted by molar-refractivity contribution is 9.10. The Labute approximate surface area is 116 Å². The van der Waals surface area contributed by atoms with Crippen LogP contribution in [0, 0.1) is 5.92 Å². The monoisotopic (exact) mass is 310 g/mol. The van der Waals surface area contributed by atoms with Gasteiger partial charge in [-0.15, -0.1) is 0 Å². The minimum absolute atomic E-state index is 0.00273. The summed E-state index contributed by atoms with van der Waals surface area (Å²) >= 11 is 3.38. The third kappa shape index (κ3) is 3.56. The number of rotatable bonds is 2. The second kappa shape index (κ2) is 6.34. The third-order valence-corrected chi connectivity index (χ3v) is 4.05. The maximum Gasteiger partial charge on any atom is 0.229 e. The molecule has 1 aliphatic carbocycles. The van der Waals surface area contributed by atoms with Gasteiger partial charge in [0.2, 0.25) is 5.91 Å². The van der Waals surface area contributed by atoms with Crippen molar-refractivity contribution in [2.75, 3.05) is 5.32 Å². The molecule has 0 bridgehead atoms. The lowest BCUT2D eigenvalue weighted by molar-refractivity contribution is -0.120. The first-order valence-electron chi connectivity index (χ1n) is 6.49. The quantitative estimate of drug-likeness (QED) is 0.824. The van der Waals surface area contributed by atoms with E-state index in [0.29, 0.717) is 0 Å². The van der Waals surface area contributed by atoms with Crippen LogP contribution in [0.2, 0.25) is 0 Å². The number of benzene rings is 1. The van der Waals surface area contributed by atoms with Crippen molar-refractivity contribution >= 4 is 27.5 Å². The van der Waals surface area contributed by atoms with Gasteiger partial charge in [-0.05, 0) is 37.1 Å². The Bertz CT molecular complexity index is 405. The van der Waals surface area contributed by atoms with Crippen LogP contribution >= 0.6 is 15.9 Å². The van der Waals surface area contributed by atoms with Crippen LogP contribution in [-0.4, -0.2) is 11.9 Å². The van der Waals surface area contributed by atoms with Crippen molar-refractivity contribution in [3.05, 3.63) is 28.7 Å². The highest BCUT2D eigenvalue weighted by Gasteiger charge is 2.26. The van der Waals surface area contributed by atoms with Crippen LogP contribution in [-0.2, 0) is 4.79 Å². The predicted octanol–water partition coefficient (Wildman–Crippen LogP) is 3.30. The molecule has 98 valence electrons. The van der Waals surface area contributed by atoms with Crippen molar-refractivity contribution in [1.82, 2.24) is 0 Å². The fraction of sp³-hybridized carbons (Fsp3) is 0.500. The zero-order valence-electron chi connectivity index (χ0n) is 10.4. The number of carbonyl (C=O) groups excluding carboxylic acids is 1. The second-order valence-electron chi connectivity index (χ2n) is 4.90. The Morgan fingerprint density at radius 3 is 2.56 bits per heavy atom. The largest absolute Gasteiger partial charge is 0.327 e. The Hall–Kier alpha value is -0.870. The smallest absolute Gasteiger partial charge is 0.229 e. The average Bonchev–Trinajstić information content (AvgIpc) is 2.57. The molecular formula is C14H19BrN2O. The molecule has 3 N–H and O–H groups in total. The van der Waals surface area contributed by atoms with Crippen molar-refractivity contribution in [2.24, 2.45) is 11.7 Å². The number of nitrogens with two attached hydrogens (primary N) is 1. The van der Waals surface area contributed by atoms with E-state index in [4.69, 9.17) is 5.73 Å². The van der Waals surface area contributed by atoms with Crippen molar-refractivity contribution in [1.29, 1.82) is 0 Å². The molecule has 0 saturated heterocycles. The summed E-state index contributed by atoms with van der Waals surface area (Å²) in [5.41, 5.74) is 6.92. The van der Waals surface area contributed by atoms with Gasteiger partial charge < -0.3 is 11.1 Å². The van der Waals surface area contributed by atoms with Gasteiger partial charge in [0, 0.05) is 16.2 Å². The van der Waals surface area contributed by atoms with E-state index >= 15 is 0 Å². The minimum atomic E-state index is -0.0452. The van der Waals surface area contributed by atoms with Gasteiger partial charge in [0.1, 0.15) is 0 Å². The molecule has 1 saturated carbocycles. The van der Waals surface area contributed by atoms with E-state index in [1.165, 1.54) is 6.42 Å². The summed E-state index contributed by atoms with van der Waals surface area (Å²) in [7, 11) is 0. The summed E-state index contributed by atoms with van der Waals surface area (Å²) in [5, 5.41) is 2.96. The summed E-state index contributed by atoms with van der Waals surface area (Å²) < 4.78 is 1.01. The zero-order valence-corrected chi connectivity index (χ0v) is 11.9. The normalized spacial score (nSPS) is 24.3. The molecule has 0 spiro atoms. The number of nitrogens with one attached hydrogen (secondary N) is 1. The highest BCUT2D eigenvalue weighted by atomic mass is 79.9. The fourth-order valence-corrected chi connectivity index (χ4v) is 2.69. The van der Waals surface area contributed by atoms with Gasteiger partial charge in [0.25, 0.3) is 0 Å². The number of halogens is 1. The van der Waals surface area contributed by atoms with Crippen molar-refractivity contribution < 1.29 is 4.79 Å². The molecule has 18 heavy (non-hydrogen) atoms. The summed E-state index contributed by atoms with van der Waals surface area (Å²) in [4.78, 5) is 12.2. The van der Waals surface area contributed by atoms with Crippen molar-refractivity contribution in [3.8, 4) is 0 Å². The number of hydrogen-bond donors (Lipinski definition) is 2. The van der Waals surface area contributed by atoms with Crippen LogP contribution in [0.4, 0.5) is 5.69 Å². The Morgan fingerprint density at radius 2 is 1.83 bits per heavy atom. The lowest BCUT2D eigenvalue weighted by Crippen LogP contribution is -2.37. The van der Waals surface area contributed by atoms with Crippen LogP contribution in [0.15, 0.2) is 28.7 Å². The van der Waals surface area contributed by atoms with Crippen molar-refractivity contribution in [3.63, 3.8) is 0 Å². The number of amides is 1. The topological polar surface area (TPSA) is 55.1 Å². The molecule has 1 amide bonds. The summed E-state index contributed by atoms with van der Waals surface area (Å²) in [6.45, 7) is 0. The maximum atomic E-state index is 12.2. The Balaban J connectivity index is 1.99. The molecule has 2 unspecified atom stereocenters. The maximum absolute atomic E-state index is 12.2. The number of carbonyl (C=O) groups is 1. The van der Waals surface area contributed by atoms with Crippen molar-refractivity contribution in [2.45, 2.75) is 38.1 Å². The van der Waals surface area contributed by atoms with Gasteiger partial charge >= 0.3 is 0 Å². The van der Waals surface area contributed by atoms with Gasteiger partial charge in [-0.3, -0.25) is 4.79 Å². The zero-order chi connectivity index (χ0) is 13.0. The third-order valence-electron chi connectivity index (χ3n) is 3.52. The molecule has 4 heteroatoms. The van der Waals surface area contributed by atoms with Crippen LogP contribution in [0.3, 0.4) is 0 Å². The summed E-state index contributed by atoms with van der Waals surface area (Å²) in [6, 6.07) is 7.63. The first kappa shape index (κ1) is 13.6. The van der Waals surface area contributed by atoms with E-state index in [2.05, 4.69) is 21.2 Å². The van der Waals surface area contributed by atoms with Gasteiger partial charge in [-0.1, -0.05) is 35.2 Å². The SMILES string of the molecule is NC1CCCCCC1C(=O)Nc1ccc(Br)cc1. The molecule has 0 heterocycles. The minimum Gasteiger partial charge on any atom is -0.327 e. The van der Waals surface area contributed by atoms with E-state index < -0.39 is 0 Å². The predicted molar refractivity (Wildman–Crippen MR) is 77.3 cm³/mol. The molecule has 1 aromatic rings. The molecule has 1 aromatic carbocycles. The first-order chi connectivity index (χ1) is 8.66. The average molecular weight is 311 g/mol. The van der Waals surface area contributed by atoms with E-state index in [1.54, 1.807) is 0 Å². The molecule has 1 fully saturated rings. The molecular weight excluding hydrogens is 292 g/mol. The summed E-state index contributed by atoms with van der Waals surface area (Å²) in [5.74, 6) is 0.0165. The molecule has 0 aliphatic heterocycles. The second-order valence-corrected chi connectivity index (χ2v) is 5.82. The van der Waals surface area contributed by atoms with Crippen LogP contribution in [0.1, 0.15) is 32.1 Å². The Kier molecular flexibility index (Phi) is 4.78. The van der Waals surface area contributed by atoms with E-state index in [1.807, 2.05) is 24.3 Å². The van der Waals surface area contributed by atoms with Gasteiger partial charge in [-0.25, -0.2) is 0 Å².